The molecule has 0 saturated heterocycles. The van der Waals surface area contributed by atoms with Crippen molar-refractivity contribution >= 4 is 6.08 Å². The van der Waals surface area contributed by atoms with Crippen LogP contribution in [0.15, 0.2) is 17.7 Å². The van der Waals surface area contributed by atoms with E-state index in [0.717, 1.165) is 19.3 Å². The molecule has 0 aliphatic carbocycles. The zero-order chi connectivity index (χ0) is 14.6. The second-order valence-electron chi connectivity index (χ2n) is 3.70. The number of hydrogen-bond acceptors (Lipinski definition) is 3. The summed E-state index contributed by atoms with van der Waals surface area (Å²) in [5.41, 5.74) is -0.795. The summed E-state index contributed by atoms with van der Waals surface area (Å²) >= 11 is 0. The van der Waals surface area contributed by atoms with Gasteiger partial charge in [0.05, 0.1) is 12.7 Å². The number of rotatable bonds is 2. The lowest BCUT2D eigenvalue weighted by molar-refractivity contribution is -0.138. The predicted molar refractivity (Wildman–Crippen MR) is 61.9 cm³/mol. The van der Waals surface area contributed by atoms with Crippen molar-refractivity contribution in [2.45, 2.75) is 13.1 Å². The van der Waals surface area contributed by atoms with Crippen LogP contribution in [0.5, 0.6) is 5.75 Å². The topological polar surface area (TPSA) is 56.8 Å². The largest absolute Gasteiger partial charge is 0.496 e. The highest BCUT2D eigenvalue weighted by Gasteiger charge is 2.35. The van der Waals surface area contributed by atoms with Crippen molar-refractivity contribution in [2.75, 3.05) is 7.11 Å². The van der Waals surface area contributed by atoms with Crippen LogP contribution < -0.4 is 4.74 Å². The van der Waals surface area contributed by atoms with E-state index in [9.17, 15) is 13.2 Å². The molecule has 0 spiro atoms. The Morgan fingerprint density at radius 1 is 1.26 bits per heavy atom. The molecule has 0 saturated carbocycles. The van der Waals surface area contributed by atoms with Gasteiger partial charge < -0.3 is 4.74 Å². The Morgan fingerprint density at radius 3 is 2.26 bits per heavy atom. The molecule has 0 aliphatic heterocycles. The fourth-order valence-corrected chi connectivity index (χ4v) is 1.62. The molecule has 0 aromatic heterocycles. The molecular weight excluding hydrogens is 257 g/mol. The SMILES string of the molecule is COc1c(C)cc(C=C(C#N)C#N)cc1C(F)(F)F. The van der Waals surface area contributed by atoms with Crippen LogP contribution in [0, 0.1) is 29.6 Å². The third-order valence-corrected chi connectivity index (χ3v) is 2.36. The molecule has 0 bridgehead atoms. The van der Waals surface area contributed by atoms with Gasteiger partial charge >= 0.3 is 6.18 Å². The summed E-state index contributed by atoms with van der Waals surface area (Å²) in [5.74, 6) is -0.264. The molecule has 0 amide bonds. The van der Waals surface area contributed by atoms with Crippen LogP contribution >= 0.6 is 0 Å². The second kappa shape index (κ2) is 5.45. The lowest BCUT2D eigenvalue weighted by Gasteiger charge is -2.15. The van der Waals surface area contributed by atoms with Gasteiger partial charge in [-0.15, -0.1) is 0 Å². The smallest absolute Gasteiger partial charge is 0.419 e. The zero-order valence-corrected chi connectivity index (χ0v) is 10.2. The van der Waals surface area contributed by atoms with Gasteiger partial charge in [0.25, 0.3) is 0 Å². The first kappa shape index (κ1) is 14.6. The molecule has 1 aromatic rings. The maximum atomic E-state index is 12.9. The van der Waals surface area contributed by atoms with Gasteiger partial charge in [0, 0.05) is 0 Å². The number of nitrogens with zero attached hydrogens (tertiary/aromatic N) is 2. The van der Waals surface area contributed by atoms with Gasteiger partial charge in [-0.05, 0) is 36.3 Å². The molecule has 0 radical (unpaired) electrons. The van der Waals surface area contributed by atoms with Crippen molar-refractivity contribution in [1.29, 1.82) is 10.5 Å². The summed E-state index contributed by atoms with van der Waals surface area (Å²) in [5, 5.41) is 17.2. The van der Waals surface area contributed by atoms with E-state index in [4.69, 9.17) is 15.3 Å². The molecule has 6 heteroatoms. The maximum absolute atomic E-state index is 12.9. The summed E-state index contributed by atoms with van der Waals surface area (Å²) in [6, 6.07) is 5.46. The molecule has 19 heavy (non-hydrogen) atoms. The Hall–Kier alpha value is -2.47. The summed E-state index contributed by atoms with van der Waals surface area (Å²) < 4.78 is 43.3. The number of halogens is 3. The molecule has 98 valence electrons. The Morgan fingerprint density at radius 2 is 1.84 bits per heavy atom. The third-order valence-electron chi connectivity index (χ3n) is 2.36. The van der Waals surface area contributed by atoms with Crippen LogP contribution in [-0.2, 0) is 6.18 Å². The van der Waals surface area contributed by atoms with Crippen molar-refractivity contribution in [3.8, 4) is 17.9 Å². The van der Waals surface area contributed by atoms with Crippen molar-refractivity contribution in [1.82, 2.24) is 0 Å². The Bertz CT molecular complexity index is 588. The number of ether oxygens (including phenoxy) is 1. The summed E-state index contributed by atoms with van der Waals surface area (Å²) in [7, 11) is 1.16. The lowest BCUT2D eigenvalue weighted by Crippen LogP contribution is -2.09. The summed E-state index contributed by atoms with van der Waals surface area (Å²) in [6.07, 6.45) is -3.47. The highest BCUT2D eigenvalue weighted by atomic mass is 19.4. The van der Waals surface area contributed by atoms with Gasteiger partial charge in [-0.1, -0.05) is 0 Å². The van der Waals surface area contributed by atoms with E-state index in [-0.39, 0.29) is 22.4 Å². The van der Waals surface area contributed by atoms with E-state index in [2.05, 4.69) is 0 Å². The van der Waals surface area contributed by atoms with Gasteiger partial charge in [-0.2, -0.15) is 23.7 Å². The Balaban J connectivity index is 3.50. The first-order valence-electron chi connectivity index (χ1n) is 5.11. The molecule has 1 rings (SSSR count). The van der Waals surface area contributed by atoms with Crippen LogP contribution in [0.25, 0.3) is 6.08 Å². The molecule has 1 aromatic carbocycles. The monoisotopic (exact) mass is 266 g/mol. The first-order valence-corrected chi connectivity index (χ1v) is 5.11. The standard InChI is InChI=1S/C13H9F3N2O/c1-8-3-9(4-10(6-17)7-18)5-11(12(8)19-2)13(14,15)16/h3-5H,1-2H3. The average Bonchev–Trinajstić information content (AvgIpc) is 2.34. The minimum Gasteiger partial charge on any atom is -0.496 e. The number of alkyl halides is 3. The van der Waals surface area contributed by atoms with Crippen LogP contribution in [0.1, 0.15) is 16.7 Å². The highest BCUT2D eigenvalue weighted by Crippen LogP contribution is 2.39. The number of hydrogen-bond donors (Lipinski definition) is 0. The minimum absolute atomic E-state index is 0.128. The molecular formula is C13H9F3N2O. The van der Waals surface area contributed by atoms with Crippen molar-refractivity contribution in [2.24, 2.45) is 0 Å². The van der Waals surface area contributed by atoms with E-state index in [1.807, 2.05) is 0 Å². The number of allylic oxidation sites excluding steroid dienone is 1. The quantitative estimate of drug-likeness (QED) is 0.770. The second-order valence-corrected chi connectivity index (χ2v) is 3.70. The molecule has 0 N–H and O–H groups in total. The fourth-order valence-electron chi connectivity index (χ4n) is 1.62. The predicted octanol–water partition coefficient (Wildman–Crippen LogP) is 3.45. The molecule has 0 atom stereocenters. The van der Waals surface area contributed by atoms with Crippen LogP contribution in [0.3, 0.4) is 0 Å². The van der Waals surface area contributed by atoms with Gasteiger partial charge in [0.1, 0.15) is 23.5 Å². The van der Waals surface area contributed by atoms with Gasteiger partial charge in [0.15, 0.2) is 0 Å². The number of benzene rings is 1. The zero-order valence-electron chi connectivity index (χ0n) is 10.2. The molecule has 0 unspecified atom stereocenters. The summed E-state index contributed by atoms with van der Waals surface area (Å²) in [4.78, 5) is 0. The average molecular weight is 266 g/mol. The van der Waals surface area contributed by atoms with Crippen LogP contribution in [-0.4, -0.2) is 7.11 Å². The van der Waals surface area contributed by atoms with Gasteiger partial charge in [0.2, 0.25) is 0 Å². The normalized spacial score (nSPS) is 10.3. The van der Waals surface area contributed by atoms with E-state index in [0.29, 0.717) is 0 Å². The van der Waals surface area contributed by atoms with Crippen molar-refractivity contribution in [3.63, 3.8) is 0 Å². The number of aryl methyl sites for hydroxylation is 1. The van der Waals surface area contributed by atoms with E-state index in [1.165, 1.54) is 13.0 Å². The minimum atomic E-state index is -4.57. The molecule has 0 aliphatic rings. The van der Waals surface area contributed by atoms with Gasteiger partial charge in [-0.25, -0.2) is 0 Å². The highest BCUT2D eigenvalue weighted by molar-refractivity contribution is 5.65. The number of methoxy groups -OCH3 is 1. The van der Waals surface area contributed by atoms with Crippen molar-refractivity contribution in [3.05, 3.63) is 34.4 Å². The van der Waals surface area contributed by atoms with E-state index >= 15 is 0 Å². The van der Waals surface area contributed by atoms with Crippen LogP contribution in [0.4, 0.5) is 13.2 Å². The van der Waals surface area contributed by atoms with Crippen molar-refractivity contribution < 1.29 is 17.9 Å². The maximum Gasteiger partial charge on any atom is 0.419 e. The Labute approximate surface area is 108 Å². The fraction of sp³-hybridized carbons (Fsp3) is 0.231. The Kier molecular flexibility index (Phi) is 4.18. The van der Waals surface area contributed by atoms with Gasteiger partial charge in [-0.3, -0.25) is 0 Å². The third kappa shape index (κ3) is 3.26. The summed E-state index contributed by atoms with van der Waals surface area (Å²) in [6.45, 7) is 1.46. The van der Waals surface area contributed by atoms with E-state index < -0.39 is 11.7 Å². The number of nitriles is 2. The first-order chi connectivity index (χ1) is 8.83. The molecule has 0 fully saturated rings. The lowest BCUT2D eigenvalue weighted by atomic mass is 10.0. The van der Waals surface area contributed by atoms with E-state index in [1.54, 1.807) is 12.1 Å². The molecule has 3 nitrogen and oxygen atoms in total. The van der Waals surface area contributed by atoms with Crippen LogP contribution in [0.2, 0.25) is 0 Å². The molecule has 0 heterocycles.